The maximum absolute atomic E-state index is 12.5. The molecule has 0 saturated carbocycles. The molecule has 0 unspecified atom stereocenters. The number of carbonyl (C=O) groups is 2. The van der Waals surface area contributed by atoms with E-state index in [1.807, 2.05) is 36.4 Å². The average Bonchev–Trinajstić information content (AvgIpc) is 2.91. The van der Waals surface area contributed by atoms with Gasteiger partial charge in [-0.25, -0.2) is 0 Å². The van der Waals surface area contributed by atoms with Crippen molar-refractivity contribution in [3.63, 3.8) is 0 Å². The number of rotatable bonds is 9. The molecule has 3 aromatic rings. The minimum absolute atomic E-state index is 0.00954. The Morgan fingerprint density at radius 1 is 1.14 bits per heavy atom. The molecule has 37 heavy (non-hydrogen) atoms. The Balaban J connectivity index is 1.50. The second-order valence-corrected chi connectivity index (χ2v) is 9.61. The quantitative estimate of drug-likeness (QED) is 0.369. The number of halogens is 1. The number of methoxy groups -OCH3 is 1. The predicted molar refractivity (Wildman–Crippen MR) is 144 cm³/mol. The molecule has 0 spiro atoms. The van der Waals surface area contributed by atoms with Crippen molar-refractivity contribution in [2.24, 2.45) is 0 Å². The molecule has 1 heterocycles. The third kappa shape index (κ3) is 6.85. The number of nitrogens with zero attached hydrogens (tertiary/aromatic N) is 1. The summed E-state index contributed by atoms with van der Waals surface area (Å²) in [5.74, 6) is 0.0849. The summed E-state index contributed by atoms with van der Waals surface area (Å²) in [6, 6.07) is 24.2. The maximum atomic E-state index is 12.5. The molecule has 0 saturated heterocycles. The number of anilines is 1. The summed E-state index contributed by atoms with van der Waals surface area (Å²) in [5, 5.41) is 16.3. The van der Waals surface area contributed by atoms with Crippen LogP contribution in [0, 0.1) is 11.3 Å². The Morgan fingerprint density at radius 2 is 1.95 bits per heavy atom. The van der Waals surface area contributed by atoms with Gasteiger partial charge in [0.1, 0.15) is 6.61 Å². The van der Waals surface area contributed by atoms with Gasteiger partial charge in [0, 0.05) is 23.0 Å². The highest BCUT2D eigenvalue weighted by Gasteiger charge is 2.30. The molecular weight excluding hydrogens is 510 g/mol. The standard InChI is InChI=1S/C28H24ClN3O4S/c1-35-25-12-19(10-11-24(25)36-16-18-6-3-2-4-7-18)22-14-26(33)32-28(23(22)15-30)37-17-27(34)31-21-9-5-8-20(29)13-21/h2-13,22H,14,16-17H2,1H3,(H,31,34)(H,32,33)/t22-/m0/s1. The lowest BCUT2D eigenvalue weighted by Crippen LogP contribution is -2.31. The first-order valence-electron chi connectivity index (χ1n) is 11.4. The predicted octanol–water partition coefficient (Wildman–Crippen LogP) is 5.64. The Labute approximate surface area is 224 Å². The van der Waals surface area contributed by atoms with E-state index in [2.05, 4.69) is 16.7 Å². The van der Waals surface area contributed by atoms with Crippen LogP contribution < -0.4 is 20.1 Å². The van der Waals surface area contributed by atoms with Gasteiger partial charge in [-0.2, -0.15) is 5.26 Å². The SMILES string of the molecule is COc1cc([C@@H]2CC(=O)NC(SCC(=O)Nc3cccc(Cl)c3)=C2C#N)ccc1OCc1ccccc1. The number of nitriles is 1. The van der Waals surface area contributed by atoms with Crippen LogP contribution in [0.4, 0.5) is 5.69 Å². The van der Waals surface area contributed by atoms with Crippen molar-refractivity contribution in [2.45, 2.75) is 18.9 Å². The van der Waals surface area contributed by atoms with Gasteiger partial charge in [-0.1, -0.05) is 65.8 Å². The highest BCUT2D eigenvalue weighted by molar-refractivity contribution is 8.03. The molecule has 0 aliphatic carbocycles. The third-order valence-electron chi connectivity index (χ3n) is 5.64. The van der Waals surface area contributed by atoms with Crippen molar-refractivity contribution in [2.75, 3.05) is 18.2 Å². The smallest absolute Gasteiger partial charge is 0.234 e. The molecule has 1 atom stereocenters. The number of carbonyl (C=O) groups excluding carboxylic acids is 2. The van der Waals surface area contributed by atoms with Crippen LogP contribution in [0.1, 0.15) is 23.5 Å². The van der Waals surface area contributed by atoms with E-state index < -0.39 is 5.92 Å². The largest absolute Gasteiger partial charge is 0.493 e. The Hall–Kier alpha value is -3.93. The van der Waals surface area contributed by atoms with Crippen LogP contribution in [0.3, 0.4) is 0 Å². The van der Waals surface area contributed by atoms with Crippen molar-refractivity contribution in [3.05, 3.63) is 99.5 Å². The normalized spacial score (nSPS) is 14.9. The van der Waals surface area contributed by atoms with Crippen LogP contribution in [0.25, 0.3) is 0 Å². The summed E-state index contributed by atoms with van der Waals surface area (Å²) in [5.41, 5.74) is 2.73. The van der Waals surface area contributed by atoms with Crippen LogP contribution in [-0.2, 0) is 16.2 Å². The zero-order valence-electron chi connectivity index (χ0n) is 20.0. The summed E-state index contributed by atoms with van der Waals surface area (Å²) in [6.45, 7) is 0.379. The van der Waals surface area contributed by atoms with E-state index in [9.17, 15) is 14.9 Å². The first-order valence-corrected chi connectivity index (χ1v) is 12.8. The summed E-state index contributed by atoms with van der Waals surface area (Å²) in [6.07, 6.45) is 0.106. The molecule has 0 fully saturated rings. The highest BCUT2D eigenvalue weighted by Crippen LogP contribution is 2.39. The number of hydrogen-bond acceptors (Lipinski definition) is 6. The van der Waals surface area contributed by atoms with E-state index in [4.69, 9.17) is 21.1 Å². The van der Waals surface area contributed by atoms with Gasteiger partial charge in [-0.05, 0) is 41.5 Å². The molecule has 9 heteroatoms. The lowest BCUT2D eigenvalue weighted by atomic mass is 9.87. The Morgan fingerprint density at radius 3 is 2.68 bits per heavy atom. The fourth-order valence-corrected chi connectivity index (χ4v) is 4.94. The number of allylic oxidation sites excluding steroid dienone is 1. The van der Waals surface area contributed by atoms with Gasteiger partial charge in [0.25, 0.3) is 0 Å². The molecule has 4 rings (SSSR count). The van der Waals surface area contributed by atoms with E-state index in [1.54, 1.807) is 43.5 Å². The van der Waals surface area contributed by atoms with Crippen molar-refractivity contribution < 1.29 is 19.1 Å². The minimum Gasteiger partial charge on any atom is -0.493 e. The number of amides is 2. The van der Waals surface area contributed by atoms with E-state index in [-0.39, 0.29) is 24.0 Å². The molecular formula is C28H24ClN3O4S. The number of hydrogen-bond donors (Lipinski definition) is 2. The van der Waals surface area contributed by atoms with Crippen LogP contribution in [0.15, 0.2) is 83.4 Å². The van der Waals surface area contributed by atoms with E-state index in [1.165, 1.54) is 0 Å². The summed E-state index contributed by atoms with van der Waals surface area (Å²) in [7, 11) is 1.54. The molecule has 3 aromatic carbocycles. The molecule has 0 bridgehead atoms. The Bertz CT molecular complexity index is 1370. The maximum Gasteiger partial charge on any atom is 0.234 e. The van der Waals surface area contributed by atoms with E-state index in [0.29, 0.717) is 39.4 Å². The van der Waals surface area contributed by atoms with Crippen LogP contribution in [0.5, 0.6) is 11.5 Å². The van der Waals surface area contributed by atoms with Crippen molar-refractivity contribution in [1.29, 1.82) is 5.26 Å². The second kappa shape index (κ2) is 12.3. The van der Waals surface area contributed by atoms with Crippen molar-refractivity contribution in [1.82, 2.24) is 5.32 Å². The third-order valence-corrected chi connectivity index (χ3v) is 6.89. The van der Waals surface area contributed by atoms with Gasteiger partial charge in [0.05, 0.1) is 29.5 Å². The van der Waals surface area contributed by atoms with Gasteiger partial charge in [-0.3, -0.25) is 9.59 Å². The lowest BCUT2D eigenvalue weighted by molar-refractivity contribution is -0.121. The van der Waals surface area contributed by atoms with Gasteiger partial charge in [-0.15, -0.1) is 0 Å². The zero-order valence-corrected chi connectivity index (χ0v) is 21.6. The number of thioether (sulfide) groups is 1. The van der Waals surface area contributed by atoms with Crippen molar-refractivity contribution >= 4 is 40.9 Å². The number of nitrogens with one attached hydrogen (secondary N) is 2. The average molecular weight is 534 g/mol. The van der Waals surface area contributed by atoms with Gasteiger partial charge in [0.15, 0.2) is 11.5 Å². The molecule has 1 aliphatic rings. The molecule has 2 N–H and O–H groups in total. The highest BCUT2D eigenvalue weighted by atomic mass is 35.5. The van der Waals surface area contributed by atoms with Gasteiger partial charge >= 0.3 is 0 Å². The lowest BCUT2D eigenvalue weighted by Gasteiger charge is -2.25. The molecule has 7 nitrogen and oxygen atoms in total. The summed E-state index contributed by atoms with van der Waals surface area (Å²) in [4.78, 5) is 25.0. The zero-order chi connectivity index (χ0) is 26.2. The first-order chi connectivity index (χ1) is 18.0. The second-order valence-electron chi connectivity index (χ2n) is 8.19. The van der Waals surface area contributed by atoms with Crippen LogP contribution in [-0.4, -0.2) is 24.7 Å². The molecule has 0 radical (unpaired) electrons. The monoisotopic (exact) mass is 533 g/mol. The van der Waals surface area contributed by atoms with Gasteiger partial charge in [0.2, 0.25) is 11.8 Å². The van der Waals surface area contributed by atoms with Crippen LogP contribution in [0.2, 0.25) is 5.02 Å². The first kappa shape index (κ1) is 26.1. The number of benzene rings is 3. The van der Waals surface area contributed by atoms with Crippen LogP contribution >= 0.6 is 23.4 Å². The molecule has 1 aliphatic heterocycles. The fraction of sp³-hybridized carbons (Fsp3) is 0.179. The fourth-order valence-electron chi connectivity index (χ4n) is 3.87. The number of ether oxygens (including phenoxy) is 2. The Kier molecular flexibility index (Phi) is 8.72. The van der Waals surface area contributed by atoms with Crippen molar-refractivity contribution in [3.8, 4) is 17.6 Å². The molecule has 2 amide bonds. The topological polar surface area (TPSA) is 100 Å². The summed E-state index contributed by atoms with van der Waals surface area (Å²) >= 11 is 7.07. The van der Waals surface area contributed by atoms with E-state index >= 15 is 0 Å². The van der Waals surface area contributed by atoms with E-state index in [0.717, 1.165) is 22.9 Å². The van der Waals surface area contributed by atoms with Gasteiger partial charge < -0.3 is 20.1 Å². The summed E-state index contributed by atoms with van der Waals surface area (Å²) < 4.78 is 11.5. The molecule has 188 valence electrons. The molecule has 0 aromatic heterocycles. The minimum atomic E-state index is -0.477.